The van der Waals surface area contributed by atoms with Crippen molar-refractivity contribution in [3.63, 3.8) is 0 Å². The van der Waals surface area contributed by atoms with Crippen molar-refractivity contribution < 1.29 is 0 Å². The molecule has 4 nitrogen and oxygen atoms in total. The first kappa shape index (κ1) is 35.7. The SMILES string of the molecule is c1ccc(-c2ccc3c(c2)B2c4[se]c5c6c4N(c4ccccc4N6c4cccc6c4B5c4ccc(-c5ccccc5)cc4N6c4ccccc4)c4cccc(c42)N3c2ccccc2)cc1. The standard InChI is InChI=1S/C58H36B2N4Se/c1-5-17-37(18-6-1)39-32-34-45-44(35-39)60-54-48(61(45)41-21-9-3-10-22-41)27-15-30-51(54)64-47-26-14-13-25-46(47)63-50-29-16-28-49-53(50)59(57-55(63)56(64)58(60)65-57)43-33-31-40(38-19-7-2-8-20-38)36-52(43)62(49)42-23-11-4-12-24-42/h1-36H. The molecule has 1 aromatic heterocycles. The van der Waals surface area contributed by atoms with E-state index in [-0.39, 0.29) is 27.9 Å². The fourth-order valence-electron chi connectivity index (χ4n) is 11.7. The summed E-state index contributed by atoms with van der Waals surface area (Å²) in [4.78, 5) is 10.4. The van der Waals surface area contributed by atoms with Crippen molar-refractivity contribution in [3.8, 4) is 22.3 Å². The summed E-state index contributed by atoms with van der Waals surface area (Å²) in [5.74, 6) is 0. The molecule has 7 heteroatoms. The van der Waals surface area contributed by atoms with Crippen LogP contribution >= 0.6 is 0 Å². The number of benzene rings is 9. The van der Waals surface area contributed by atoms with Gasteiger partial charge in [0.15, 0.2) is 0 Å². The van der Waals surface area contributed by atoms with Crippen molar-refractivity contribution in [1.29, 1.82) is 0 Å². The number of fused-ring (bicyclic) bond motifs is 11. The van der Waals surface area contributed by atoms with E-state index in [0.29, 0.717) is 0 Å². The van der Waals surface area contributed by atoms with Crippen molar-refractivity contribution in [2.45, 2.75) is 0 Å². The summed E-state index contributed by atoms with van der Waals surface area (Å²) in [5.41, 5.74) is 25.6. The van der Waals surface area contributed by atoms with Gasteiger partial charge in [-0.3, -0.25) is 0 Å². The van der Waals surface area contributed by atoms with Gasteiger partial charge in [-0.1, -0.05) is 0 Å². The van der Waals surface area contributed by atoms with Crippen LogP contribution in [0, 0.1) is 0 Å². The quantitative estimate of drug-likeness (QED) is 0.163. The first-order valence-corrected chi connectivity index (χ1v) is 24.2. The van der Waals surface area contributed by atoms with Crippen molar-refractivity contribution in [1.82, 2.24) is 0 Å². The number of hydrogen-bond donors (Lipinski definition) is 0. The van der Waals surface area contributed by atoms with Gasteiger partial charge in [0.1, 0.15) is 0 Å². The van der Waals surface area contributed by atoms with E-state index in [4.69, 9.17) is 0 Å². The Morgan fingerprint density at radius 3 is 1.23 bits per heavy atom. The van der Waals surface area contributed by atoms with Crippen LogP contribution in [0.4, 0.5) is 68.2 Å². The molecule has 0 saturated carbocycles. The fourth-order valence-corrected chi connectivity index (χ4v) is 14.9. The molecule has 6 heterocycles. The number of hydrogen-bond acceptors (Lipinski definition) is 4. The van der Waals surface area contributed by atoms with E-state index < -0.39 is 0 Å². The van der Waals surface area contributed by atoms with Gasteiger partial charge in [-0.2, -0.15) is 0 Å². The normalized spacial score (nSPS) is 14.0. The second kappa shape index (κ2) is 13.4. The minimum atomic E-state index is -0.00657. The molecule has 0 atom stereocenters. The molecule has 65 heavy (non-hydrogen) atoms. The fraction of sp³-hybridized carbons (Fsp3) is 0. The van der Waals surface area contributed by atoms with E-state index in [1.807, 2.05) is 0 Å². The number of rotatable bonds is 4. The van der Waals surface area contributed by atoms with Crippen LogP contribution in [0.3, 0.4) is 0 Å². The Kier molecular flexibility index (Phi) is 7.38. The van der Waals surface area contributed by atoms with Crippen molar-refractivity contribution in [2.75, 3.05) is 19.6 Å². The van der Waals surface area contributed by atoms with Gasteiger partial charge >= 0.3 is 387 Å². The van der Waals surface area contributed by atoms with Gasteiger partial charge in [-0.05, 0) is 0 Å². The molecule has 300 valence electrons. The Morgan fingerprint density at radius 1 is 0.277 bits per heavy atom. The van der Waals surface area contributed by atoms with E-state index in [0.717, 1.165) is 0 Å². The molecule has 0 bridgehead atoms. The van der Waals surface area contributed by atoms with Crippen molar-refractivity contribution in [3.05, 3.63) is 218 Å². The molecule has 0 unspecified atom stereocenters. The monoisotopic (exact) mass is 890 g/mol. The summed E-state index contributed by atoms with van der Waals surface area (Å²) in [6.07, 6.45) is 0. The van der Waals surface area contributed by atoms with E-state index in [9.17, 15) is 0 Å². The summed E-state index contributed by atoms with van der Waals surface area (Å²) in [5, 5.41) is 0. The molecular weight excluding hydrogens is 853 g/mol. The van der Waals surface area contributed by atoms with Gasteiger partial charge in [0.05, 0.1) is 0 Å². The van der Waals surface area contributed by atoms with Crippen LogP contribution in [0.15, 0.2) is 218 Å². The molecule has 0 saturated heterocycles. The average Bonchev–Trinajstić information content (AvgIpc) is 3.77. The van der Waals surface area contributed by atoms with Crippen LogP contribution in [0.1, 0.15) is 0 Å². The summed E-state index contributed by atoms with van der Waals surface area (Å²) in [7, 11) is 0. The van der Waals surface area contributed by atoms with Crippen LogP contribution in [0.2, 0.25) is 0 Å². The molecule has 0 amide bonds. The van der Waals surface area contributed by atoms with Crippen molar-refractivity contribution >= 4 is 127 Å². The van der Waals surface area contributed by atoms with E-state index in [2.05, 4.69) is 238 Å². The third-order valence-corrected chi connectivity index (χ3v) is 17.0. The van der Waals surface area contributed by atoms with Crippen LogP contribution in [-0.2, 0) is 0 Å². The van der Waals surface area contributed by atoms with Crippen LogP contribution in [-0.4, -0.2) is 27.9 Å². The predicted molar refractivity (Wildman–Crippen MR) is 276 cm³/mol. The average molecular weight is 890 g/mol. The Labute approximate surface area is 384 Å². The summed E-state index contributed by atoms with van der Waals surface area (Å²) in [6.45, 7) is 0.169. The second-order valence-corrected chi connectivity index (χ2v) is 19.9. The molecule has 15 rings (SSSR count). The third-order valence-electron chi connectivity index (χ3n) is 14.3. The van der Waals surface area contributed by atoms with Crippen LogP contribution in [0.5, 0.6) is 0 Å². The molecule has 10 aromatic rings. The molecular formula is C58H36B2N4Se. The summed E-state index contributed by atoms with van der Waals surface area (Å²) in [6, 6.07) is 81.4. The Bertz CT molecular complexity index is 3600. The molecule has 0 radical (unpaired) electrons. The zero-order valence-electron chi connectivity index (χ0n) is 35.1. The zero-order valence-corrected chi connectivity index (χ0v) is 36.8. The van der Waals surface area contributed by atoms with Gasteiger partial charge in [-0.25, -0.2) is 0 Å². The second-order valence-electron chi connectivity index (χ2n) is 17.6. The maximum absolute atomic E-state index is 2.66. The van der Waals surface area contributed by atoms with Crippen LogP contribution < -0.4 is 50.1 Å². The van der Waals surface area contributed by atoms with Gasteiger partial charge < -0.3 is 0 Å². The molecule has 0 spiro atoms. The molecule has 5 aliphatic heterocycles. The number of para-hydroxylation sites is 4. The number of nitrogens with zero attached hydrogens (tertiary/aromatic N) is 4. The van der Waals surface area contributed by atoms with E-state index >= 15 is 0 Å². The van der Waals surface area contributed by atoms with Gasteiger partial charge in [0, 0.05) is 0 Å². The molecule has 9 aromatic carbocycles. The maximum atomic E-state index is 2.66. The third kappa shape index (κ3) is 4.84. The van der Waals surface area contributed by atoms with Crippen LogP contribution in [0.25, 0.3) is 22.3 Å². The first-order valence-electron chi connectivity index (χ1n) is 22.5. The molecule has 0 N–H and O–H groups in total. The minimum absolute atomic E-state index is 0.00657. The zero-order chi connectivity index (χ0) is 42.3. The Morgan fingerprint density at radius 2 is 0.692 bits per heavy atom. The number of anilines is 12. The molecule has 0 fully saturated rings. The topological polar surface area (TPSA) is 13.0 Å². The van der Waals surface area contributed by atoms with E-state index in [1.165, 1.54) is 112 Å². The predicted octanol–water partition coefficient (Wildman–Crippen LogP) is 10.6. The molecule has 0 aliphatic carbocycles. The van der Waals surface area contributed by atoms with Gasteiger partial charge in [-0.15, -0.1) is 0 Å². The summed E-state index contributed by atoms with van der Waals surface area (Å²) < 4.78 is 3.09. The van der Waals surface area contributed by atoms with Gasteiger partial charge in [0.25, 0.3) is 0 Å². The van der Waals surface area contributed by atoms with E-state index in [1.54, 1.807) is 8.67 Å². The Hall–Kier alpha value is -7.69. The Balaban J connectivity index is 1.04. The summed E-state index contributed by atoms with van der Waals surface area (Å²) >= 11 is -0.00657. The van der Waals surface area contributed by atoms with Gasteiger partial charge in [0.2, 0.25) is 0 Å². The van der Waals surface area contributed by atoms with Crippen molar-refractivity contribution in [2.24, 2.45) is 0 Å². The first-order chi connectivity index (χ1) is 32.3. The molecule has 5 aliphatic rings.